The molecule has 1 fully saturated rings. The van der Waals surface area contributed by atoms with Crippen molar-refractivity contribution in [2.24, 2.45) is 5.73 Å². The minimum Gasteiger partial charge on any atom is -0.465 e. The van der Waals surface area contributed by atoms with Crippen LogP contribution in [0.15, 0.2) is 16.5 Å². The summed E-state index contributed by atoms with van der Waals surface area (Å²) in [6.45, 7) is 7.40. The molecule has 3 nitrogen and oxygen atoms in total. The summed E-state index contributed by atoms with van der Waals surface area (Å²) < 4.78 is 5.79. The average Bonchev–Trinajstić information content (AvgIpc) is 3.02. The van der Waals surface area contributed by atoms with Gasteiger partial charge in [-0.15, -0.1) is 0 Å². The zero-order valence-electron chi connectivity index (χ0n) is 11.1. The van der Waals surface area contributed by atoms with E-state index in [-0.39, 0.29) is 12.1 Å². The second kappa shape index (κ2) is 5.23. The Kier molecular flexibility index (Phi) is 3.89. The molecule has 1 aromatic heterocycles. The molecule has 0 radical (unpaired) electrons. The van der Waals surface area contributed by atoms with Crippen molar-refractivity contribution in [2.75, 3.05) is 6.54 Å². The molecule has 1 heterocycles. The smallest absolute Gasteiger partial charge is 0.122 e. The highest BCUT2D eigenvalue weighted by Gasteiger charge is 2.36. The Bertz CT molecular complexity index is 355. The molecule has 0 aliphatic heterocycles. The number of nitrogens with two attached hydrogens (primary N) is 1. The third-order valence-electron chi connectivity index (χ3n) is 3.41. The van der Waals surface area contributed by atoms with Gasteiger partial charge in [-0.05, 0) is 51.8 Å². The molecule has 17 heavy (non-hydrogen) atoms. The highest BCUT2D eigenvalue weighted by atomic mass is 16.3. The van der Waals surface area contributed by atoms with Crippen molar-refractivity contribution in [3.05, 3.63) is 23.7 Å². The summed E-state index contributed by atoms with van der Waals surface area (Å²) in [6.07, 6.45) is 3.78. The van der Waals surface area contributed by atoms with E-state index >= 15 is 0 Å². The van der Waals surface area contributed by atoms with Crippen molar-refractivity contribution in [3.63, 3.8) is 0 Å². The van der Waals surface area contributed by atoms with Crippen LogP contribution >= 0.6 is 0 Å². The SMILES string of the molecule is CCCN(C1CC1)C(c1ccc(C)o1)C(C)N. The van der Waals surface area contributed by atoms with Gasteiger partial charge in [-0.1, -0.05) is 6.92 Å². The molecule has 1 aliphatic rings. The second-order valence-electron chi connectivity index (χ2n) is 5.22. The zero-order chi connectivity index (χ0) is 12.4. The molecular weight excluding hydrogens is 212 g/mol. The van der Waals surface area contributed by atoms with Crippen molar-refractivity contribution in [1.82, 2.24) is 4.90 Å². The van der Waals surface area contributed by atoms with E-state index in [1.165, 1.54) is 19.3 Å². The van der Waals surface area contributed by atoms with Crippen LogP contribution in [-0.4, -0.2) is 23.5 Å². The average molecular weight is 236 g/mol. The van der Waals surface area contributed by atoms with Crippen LogP contribution in [-0.2, 0) is 0 Å². The Balaban J connectivity index is 2.20. The first-order valence-corrected chi connectivity index (χ1v) is 6.71. The lowest BCUT2D eigenvalue weighted by atomic mass is 10.1. The normalized spacial score (nSPS) is 19.6. The molecule has 2 N–H and O–H groups in total. The fourth-order valence-electron chi connectivity index (χ4n) is 2.55. The first kappa shape index (κ1) is 12.7. The molecule has 2 atom stereocenters. The van der Waals surface area contributed by atoms with E-state index in [1.54, 1.807) is 0 Å². The maximum absolute atomic E-state index is 6.17. The molecular formula is C14H24N2O. The van der Waals surface area contributed by atoms with E-state index in [0.717, 1.165) is 24.1 Å². The molecule has 0 bridgehead atoms. The van der Waals surface area contributed by atoms with Gasteiger partial charge in [0.1, 0.15) is 11.5 Å². The molecule has 2 rings (SSSR count). The van der Waals surface area contributed by atoms with Crippen LogP contribution in [0.4, 0.5) is 0 Å². The van der Waals surface area contributed by atoms with Crippen molar-refractivity contribution in [1.29, 1.82) is 0 Å². The maximum Gasteiger partial charge on any atom is 0.122 e. The largest absolute Gasteiger partial charge is 0.465 e. The predicted molar refractivity (Wildman–Crippen MR) is 69.9 cm³/mol. The minimum absolute atomic E-state index is 0.104. The monoisotopic (exact) mass is 236 g/mol. The lowest BCUT2D eigenvalue weighted by Gasteiger charge is -2.32. The van der Waals surface area contributed by atoms with Gasteiger partial charge in [0.25, 0.3) is 0 Å². The number of furan rings is 1. The molecule has 1 saturated carbocycles. The van der Waals surface area contributed by atoms with Gasteiger partial charge < -0.3 is 10.2 Å². The summed E-state index contributed by atoms with van der Waals surface area (Å²) in [4.78, 5) is 2.53. The minimum atomic E-state index is 0.104. The third kappa shape index (κ3) is 2.90. The van der Waals surface area contributed by atoms with E-state index in [4.69, 9.17) is 10.2 Å². The molecule has 1 aliphatic carbocycles. The fourth-order valence-corrected chi connectivity index (χ4v) is 2.55. The number of nitrogens with zero attached hydrogens (tertiary/aromatic N) is 1. The van der Waals surface area contributed by atoms with E-state index in [2.05, 4.69) is 24.8 Å². The van der Waals surface area contributed by atoms with Gasteiger partial charge >= 0.3 is 0 Å². The molecule has 3 heteroatoms. The second-order valence-corrected chi connectivity index (χ2v) is 5.22. The van der Waals surface area contributed by atoms with Crippen molar-refractivity contribution in [2.45, 2.75) is 58.2 Å². The summed E-state index contributed by atoms with van der Waals surface area (Å²) in [6, 6.07) is 5.16. The molecule has 1 aromatic rings. The molecule has 0 spiro atoms. The van der Waals surface area contributed by atoms with Gasteiger partial charge in [-0.3, -0.25) is 4.90 Å². The summed E-state index contributed by atoms with van der Waals surface area (Å²) in [5.41, 5.74) is 6.17. The van der Waals surface area contributed by atoms with Gasteiger partial charge in [0.2, 0.25) is 0 Å². The fraction of sp³-hybridized carbons (Fsp3) is 0.714. The number of hydrogen-bond donors (Lipinski definition) is 1. The highest BCUT2D eigenvalue weighted by molar-refractivity contribution is 5.13. The quantitative estimate of drug-likeness (QED) is 0.826. The third-order valence-corrected chi connectivity index (χ3v) is 3.41. The molecule has 0 amide bonds. The van der Waals surface area contributed by atoms with Crippen LogP contribution < -0.4 is 5.73 Å². The molecule has 0 aromatic carbocycles. The van der Waals surface area contributed by atoms with Gasteiger partial charge in [0, 0.05) is 12.1 Å². The Morgan fingerprint density at radius 2 is 2.18 bits per heavy atom. The Labute approximate surface area is 104 Å². The maximum atomic E-state index is 6.17. The number of hydrogen-bond acceptors (Lipinski definition) is 3. The number of aryl methyl sites for hydroxylation is 1. The van der Waals surface area contributed by atoms with Crippen molar-refractivity contribution >= 4 is 0 Å². The van der Waals surface area contributed by atoms with Crippen LogP contribution in [0.2, 0.25) is 0 Å². The van der Waals surface area contributed by atoms with Crippen molar-refractivity contribution in [3.8, 4) is 0 Å². The van der Waals surface area contributed by atoms with E-state index < -0.39 is 0 Å². The molecule has 96 valence electrons. The molecule has 2 unspecified atom stereocenters. The predicted octanol–water partition coefficient (Wildman–Crippen LogP) is 2.85. The Hall–Kier alpha value is -0.800. The van der Waals surface area contributed by atoms with Gasteiger partial charge in [-0.2, -0.15) is 0 Å². The van der Waals surface area contributed by atoms with Gasteiger partial charge in [0.15, 0.2) is 0 Å². The van der Waals surface area contributed by atoms with E-state index in [9.17, 15) is 0 Å². The number of rotatable bonds is 6. The van der Waals surface area contributed by atoms with Crippen LogP contribution in [0.5, 0.6) is 0 Å². The highest BCUT2D eigenvalue weighted by Crippen LogP contribution is 2.36. The van der Waals surface area contributed by atoms with Crippen LogP contribution in [0, 0.1) is 6.92 Å². The van der Waals surface area contributed by atoms with E-state index in [0.29, 0.717) is 0 Å². The lowest BCUT2D eigenvalue weighted by molar-refractivity contribution is 0.145. The molecule has 0 saturated heterocycles. The summed E-state index contributed by atoms with van der Waals surface area (Å²) in [5.74, 6) is 2.00. The topological polar surface area (TPSA) is 42.4 Å². The Morgan fingerprint density at radius 3 is 2.59 bits per heavy atom. The van der Waals surface area contributed by atoms with Crippen molar-refractivity contribution < 1.29 is 4.42 Å². The first-order chi connectivity index (χ1) is 8.13. The zero-order valence-corrected chi connectivity index (χ0v) is 11.1. The van der Waals surface area contributed by atoms with E-state index in [1.807, 2.05) is 13.0 Å². The van der Waals surface area contributed by atoms with Crippen LogP contribution in [0.3, 0.4) is 0 Å². The van der Waals surface area contributed by atoms with Gasteiger partial charge in [-0.25, -0.2) is 0 Å². The standard InChI is InChI=1S/C14H24N2O/c1-4-9-16(12-6-7-12)14(11(3)15)13-8-5-10(2)17-13/h5,8,11-12,14H,4,6-7,9,15H2,1-3H3. The first-order valence-electron chi connectivity index (χ1n) is 6.71. The van der Waals surface area contributed by atoms with Gasteiger partial charge in [0.05, 0.1) is 6.04 Å². The summed E-state index contributed by atoms with van der Waals surface area (Å²) in [7, 11) is 0. The lowest BCUT2D eigenvalue weighted by Crippen LogP contribution is -2.41. The summed E-state index contributed by atoms with van der Waals surface area (Å²) in [5, 5.41) is 0. The summed E-state index contributed by atoms with van der Waals surface area (Å²) >= 11 is 0. The van der Waals surface area contributed by atoms with Crippen LogP contribution in [0.1, 0.15) is 50.7 Å². The van der Waals surface area contributed by atoms with Crippen LogP contribution in [0.25, 0.3) is 0 Å². The Morgan fingerprint density at radius 1 is 1.47 bits per heavy atom.